The van der Waals surface area contributed by atoms with Crippen LogP contribution in [0.4, 0.5) is 14.5 Å². The van der Waals surface area contributed by atoms with Gasteiger partial charge in [0, 0.05) is 23.7 Å². The molecule has 2 rings (SSSR count). The lowest BCUT2D eigenvalue weighted by molar-refractivity contribution is 0.592. The van der Waals surface area contributed by atoms with E-state index in [9.17, 15) is 8.78 Å². The average Bonchev–Trinajstić information content (AvgIpc) is 2.17. The molecule has 0 fully saturated rings. The number of anilines is 1. The third-order valence-corrected chi connectivity index (χ3v) is 2.25. The van der Waals surface area contributed by atoms with Crippen molar-refractivity contribution in [3.8, 4) is 0 Å². The van der Waals surface area contributed by atoms with Crippen LogP contribution in [-0.4, -0.2) is 6.54 Å². The maximum Gasteiger partial charge on any atom is 0.133 e. The molecule has 0 aliphatic rings. The van der Waals surface area contributed by atoms with E-state index in [-0.39, 0.29) is 0 Å². The summed E-state index contributed by atoms with van der Waals surface area (Å²) in [7, 11) is 0. The molecular weight excluding hydrogens is 196 g/mol. The largest absolute Gasteiger partial charge is 0.385 e. The molecule has 0 aromatic heterocycles. The minimum Gasteiger partial charge on any atom is -0.385 e. The van der Waals surface area contributed by atoms with Crippen LogP contribution in [0.1, 0.15) is 6.92 Å². The Morgan fingerprint density at radius 3 is 2.67 bits per heavy atom. The summed E-state index contributed by atoms with van der Waals surface area (Å²) >= 11 is 0. The van der Waals surface area contributed by atoms with Gasteiger partial charge in [0.1, 0.15) is 11.6 Å². The molecule has 0 amide bonds. The van der Waals surface area contributed by atoms with Crippen LogP contribution in [0, 0.1) is 11.6 Å². The smallest absolute Gasteiger partial charge is 0.133 e. The van der Waals surface area contributed by atoms with Gasteiger partial charge in [0.2, 0.25) is 0 Å². The van der Waals surface area contributed by atoms with E-state index in [1.807, 2.05) is 6.92 Å². The van der Waals surface area contributed by atoms with Gasteiger partial charge in [0.05, 0.1) is 0 Å². The minimum atomic E-state index is -0.548. The fraction of sp³-hybridized carbons (Fsp3) is 0.167. The molecule has 2 aromatic carbocycles. The van der Waals surface area contributed by atoms with Crippen LogP contribution in [-0.2, 0) is 0 Å². The molecule has 1 N–H and O–H groups in total. The van der Waals surface area contributed by atoms with Crippen molar-refractivity contribution in [2.24, 2.45) is 0 Å². The van der Waals surface area contributed by atoms with Crippen LogP contribution in [0.15, 0.2) is 30.3 Å². The summed E-state index contributed by atoms with van der Waals surface area (Å²) in [6.07, 6.45) is 0. The van der Waals surface area contributed by atoms with Crippen LogP contribution < -0.4 is 5.32 Å². The van der Waals surface area contributed by atoms with Crippen molar-refractivity contribution in [2.75, 3.05) is 11.9 Å². The standard InChI is InChI=1S/C12H11F2N/c1-2-15-10-3-4-11-8(6-10)5-9(13)7-12(11)14/h3-7,15H,2H2,1H3. The normalized spacial score (nSPS) is 10.6. The van der Waals surface area contributed by atoms with Crippen molar-refractivity contribution < 1.29 is 8.78 Å². The van der Waals surface area contributed by atoms with Crippen molar-refractivity contribution in [3.05, 3.63) is 42.0 Å². The SMILES string of the molecule is CCNc1ccc2c(F)cc(F)cc2c1. The molecule has 0 aliphatic carbocycles. The molecule has 15 heavy (non-hydrogen) atoms. The molecular formula is C12H11F2N. The number of hydrogen-bond donors (Lipinski definition) is 1. The maximum atomic E-state index is 13.3. The van der Waals surface area contributed by atoms with Gasteiger partial charge in [0.25, 0.3) is 0 Å². The molecule has 0 radical (unpaired) electrons. The van der Waals surface area contributed by atoms with Gasteiger partial charge in [-0.1, -0.05) is 0 Å². The van der Waals surface area contributed by atoms with E-state index in [0.717, 1.165) is 18.3 Å². The summed E-state index contributed by atoms with van der Waals surface area (Å²) in [5.74, 6) is -1.07. The minimum absolute atomic E-state index is 0.443. The summed E-state index contributed by atoms with van der Waals surface area (Å²) < 4.78 is 26.3. The topological polar surface area (TPSA) is 12.0 Å². The van der Waals surface area contributed by atoms with Gasteiger partial charge in [-0.15, -0.1) is 0 Å². The van der Waals surface area contributed by atoms with Crippen LogP contribution in [0.25, 0.3) is 10.8 Å². The van der Waals surface area contributed by atoms with Crippen LogP contribution in [0.2, 0.25) is 0 Å². The monoisotopic (exact) mass is 207 g/mol. The zero-order valence-electron chi connectivity index (χ0n) is 8.35. The first-order chi connectivity index (χ1) is 7.20. The molecule has 0 heterocycles. The van der Waals surface area contributed by atoms with Crippen LogP contribution in [0.5, 0.6) is 0 Å². The molecule has 1 nitrogen and oxygen atoms in total. The molecule has 0 bridgehead atoms. The molecule has 2 aromatic rings. The van der Waals surface area contributed by atoms with Crippen molar-refractivity contribution >= 4 is 16.5 Å². The number of halogens is 2. The molecule has 0 aliphatic heterocycles. The highest BCUT2D eigenvalue weighted by atomic mass is 19.1. The Bertz CT molecular complexity index is 494. The first-order valence-electron chi connectivity index (χ1n) is 4.83. The van der Waals surface area contributed by atoms with E-state index in [1.54, 1.807) is 18.2 Å². The van der Waals surface area contributed by atoms with E-state index in [1.165, 1.54) is 6.07 Å². The van der Waals surface area contributed by atoms with E-state index < -0.39 is 11.6 Å². The molecule has 0 unspecified atom stereocenters. The quantitative estimate of drug-likeness (QED) is 0.794. The fourth-order valence-corrected chi connectivity index (χ4v) is 1.60. The van der Waals surface area contributed by atoms with Gasteiger partial charge >= 0.3 is 0 Å². The third-order valence-electron chi connectivity index (χ3n) is 2.25. The number of nitrogens with one attached hydrogen (secondary N) is 1. The molecule has 3 heteroatoms. The lowest BCUT2D eigenvalue weighted by atomic mass is 10.1. The Morgan fingerprint density at radius 1 is 1.13 bits per heavy atom. The maximum absolute atomic E-state index is 13.3. The highest BCUT2D eigenvalue weighted by Gasteiger charge is 2.04. The number of rotatable bonds is 2. The zero-order chi connectivity index (χ0) is 10.8. The van der Waals surface area contributed by atoms with Gasteiger partial charge in [-0.05, 0) is 36.6 Å². The summed E-state index contributed by atoms with van der Waals surface area (Å²) in [5.41, 5.74) is 0.870. The molecule has 78 valence electrons. The second-order valence-corrected chi connectivity index (χ2v) is 3.35. The van der Waals surface area contributed by atoms with Gasteiger partial charge in [-0.25, -0.2) is 8.78 Å². The number of fused-ring (bicyclic) bond motifs is 1. The van der Waals surface area contributed by atoms with Crippen molar-refractivity contribution in [3.63, 3.8) is 0 Å². The summed E-state index contributed by atoms with van der Waals surface area (Å²) in [6.45, 7) is 2.75. The predicted molar refractivity (Wildman–Crippen MR) is 58.0 cm³/mol. The summed E-state index contributed by atoms with van der Waals surface area (Å²) in [5, 5.41) is 4.11. The van der Waals surface area contributed by atoms with Crippen molar-refractivity contribution in [1.82, 2.24) is 0 Å². The summed E-state index contributed by atoms with van der Waals surface area (Å²) in [4.78, 5) is 0. The van der Waals surface area contributed by atoms with Crippen molar-refractivity contribution in [2.45, 2.75) is 6.92 Å². The lowest BCUT2D eigenvalue weighted by Crippen LogP contribution is -1.96. The highest BCUT2D eigenvalue weighted by molar-refractivity contribution is 5.86. The third kappa shape index (κ3) is 1.91. The Balaban J connectivity index is 2.60. The highest BCUT2D eigenvalue weighted by Crippen LogP contribution is 2.22. The van der Waals surface area contributed by atoms with E-state index in [2.05, 4.69) is 5.32 Å². The average molecular weight is 207 g/mol. The zero-order valence-corrected chi connectivity index (χ0v) is 8.35. The first kappa shape index (κ1) is 9.90. The van der Waals surface area contributed by atoms with E-state index in [4.69, 9.17) is 0 Å². The lowest BCUT2D eigenvalue weighted by Gasteiger charge is -2.05. The fourth-order valence-electron chi connectivity index (χ4n) is 1.60. The molecule has 0 atom stereocenters. The molecule has 0 saturated carbocycles. The van der Waals surface area contributed by atoms with E-state index >= 15 is 0 Å². The number of benzene rings is 2. The van der Waals surface area contributed by atoms with Crippen molar-refractivity contribution in [1.29, 1.82) is 0 Å². The first-order valence-corrected chi connectivity index (χ1v) is 4.83. The van der Waals surface area contributed by atoms with E-state index in [0.29, 0.717) is 10.8 Å². The second kappa shape index (κ2) is 3.85. The van der Waals surface area contributed by atoms with Gasteiger partial charge in [-0.3, -0.25) is 0 Å². The van der Waals surface area contributed by atoms with Gasteiger partial charge in [0.15, 0.2) is 0 Å². The molecule has 0 saturated heterocycles. The molecule has 0 spiro atoms. The number of hydrogen-bond acceptors (Lipinski definition) is 1. The van der Waals surface area contributed by atoms with Gasteiger partial charge in [-0.2, -0.15) is 0 Å². The Labute approximate surface area is 86.7 Å². The Kier molecular flexibility index (Phi) is 2.54. The Morgan fingerprint density at radius 2 is 1.93 bits per heavy atom. The van der Waals surface area contributed by atoms with Crippen LogP contribution >= 0.6 is 0 Å². The predicted octanol–water partition coefficient (Wildman–Crippen LogP) is 3.55. The Hall–Kier alpha value is -1.64. The second-order valence-electron chi connectivity index (χ2n) is 3.35. The summed E-state index contributed by atoms with van der Waals surface area (Å²) in [6, 6.07) is 7.41. The van der Waals surface area contributed by atoms with Gasteiger partial charge < -0.3 is 5.32 Å². The van der Waals surface area contributed by atoms with Crippen LogP contribution in [0.3, 0.4) is 0 Å².